The molecule has 7 nitrogen and oxygen atoms in total. The van der Waals surface area contributed by atoms with E-state index in [-0.39, 0.29) is 29.6 Å². The molecule has 0 bridgehead atoms. The number of aryl methyl sites for hydroxylation is 1. The van der Waals surface area contributed by atoms with Gasteiger partial charge in [-0.2, -0.15) is 0 Å². The number of benzene rings is 1. The molecular formula is C16H25N3O4S. The van der Waals surface area contributed by atoms with Gasteiger partial charge in [0.25, 0.3) is 0 Å². The summed E-state index contributed by atoms with van der Waals surface area (Å²) < 4.78 is 31.9. The number of carbonyl (C=O) groups excluding carboxylic acids is 1. The van der Waals surface area contributed by atoms with Crippen LogP contribution in [0.4, 0.5) is 5.69 Å². The van der Waals surface area contributed by atoms with Crippen molar-refractivity contribution in [2.45, 2.75) is 37.9 Å². The summed E-state index contributed by atoms with van der Waals surface area (Å²) in [6.07, 6.45) is 0.182. The predicted molar refractivity (Wildman–Crippen MR) is 92.5 cm³/mol. The zero-order chi connectivity index (χ0) is 17.9. The molecule has 134 valence electrons. The lowest BCUT2D eigenvalue weighted by molar-refractivity contribution is -0.121. The van der Waals surface area contributed by atoms with E-state index in [4.69, 9.17) is 4.74 Å². The van der Waals surface area contributed by atoms with Crippen LogP contribution in [0.1, 0.15) is 19.4 Å². The molecule has 1 aromatic rings. The second-order valence-corrected chi connectivity index (χ2v) is 8.04. The number of amides is 1. The van der Waals surface area contributed by atoms with Crippen LogP contribution in [0.5, 0.6) is 0 Å². The Bertz CT molecular complexity index is 695. The Morgan fingerprint density at radius 2 is 1.92 bits per heavy atom. The Labute approximate surface area is 143 Å². The smallest absolute Gasteiger partial charge is 0.240 e. The van der Waals surface area contributed by atoms with Gasteiger partial charge in [-0.15, -0.1) is 0 Å². The van der Waals surface area contributed by atoms with Gasteiger partial charge < -0.3 is 10.1 Å². The number of nitrogens with one attached hydrogen (secondary N) is 2. The average molecular weight is 355 g/mol. The first kappa shape index (κ1) is 18.9. The number of nitrogens with zero attached hydrogens (tertiary/aromatic N) is 1. The highest BCUT2D eigenvalue weighted by atomic mass is 32.2. The molecule has 0 aromatic heterocycles. The molecule has 2 N–H and O–H groups in total. The van der Waals surface area contributed by atoms with Crippen molar-refractivity contribution in [2.75, 3.05) is 32.0 Å². The third-order valence-electron chi connectivity index (χ3n) is 3.89. The first-order valence-electron chi connectivity index (χ1n) is 7.93. The quantitative estimate of drug-likeness (QED) is 0.821. The molecule has 1 saturated heterocycles. The molecule has 1 aromatic carbocycles. The van der Waals surface area contributed by atoms with Gasteiger partial charge in [-0.25, -0.2) is 13.1 Å². The highest BCUT2D eigenvalue weighted by molar-refractivity contribution is 7.89. The highest BCUT2D eigenvalue weighted by Gasteiger charge is 2.24. The van der Waals surface area contributed by atoms with Gasteiger partial charge in [0.15, 0.2) is 0 Å². The van der Waals surface area contributed by atoms with Crippen molar-refractivity contribution >= 4 is 21.6 Å². The molecule has 8 heteroatoms. The zero-order valence-corrected chi connectivity index (χ0v) is 15.3. The van der Waals surface area contributed by atoms with Crippen LogP contribution < -0.4 is 10.0 Å². The van der Waals surface area contributed by atoms with Gasteiger partial charge in [-0.1, -0.05) is 6.07 Å². The number of hydrogen-bond acceptors (Lipinski definition) is 5. The minimum absolute atomic E-state index is 0.0910. The van der Waals surface area contributed by atoms with Crippen LogP contribution in [0.2, 0.25) is 0 Å². The van der Waals surface area contributed by atoms with Crippen molar-refractivity contribution in [1.82, 2.24) is 9.62 Å². The van der Waals surface area contributed by atoms with Gasteiger partial charge in [0.1, 0.15) is 0 Å². The topological polar surface area (TPSA) is 87.7 Å². The second-order valence-electron chi connectivity index (χ2n) is 6.19. The summed E-state index contributed by atoms with van der Waals surface area (Å²) in [5.41, 5.74) is 1.09. The summed E-state index contributed by atoms with van der Waals surface area (Å²) in [6, 6.07) is 4.86. The van der Waals surface area contributed by atoms with E-state index >= 15 is 0 Å². The number of anilines is 1. The van der Waals surface area contributed by atoms with E-state index in [1.807, 2.05) is 18.7 Å². The molecule has 1 aliphatic heterocycles. The molecule has 0 spiro atoms. The predicted octanol–water partition coefficient (Wildman–Crippen LogP) is 0.951. The molecule has 24 heavy (non-hydrogen) atoms. The molecule has 1 fully saturated rings. The van der Waals surface area contributed by atoms with Gasteiger partial charge in [-0.3, -0.25) is 9.69 Å². The first-order chi connectivity index (χ1) is 11.2. The number of rotatable bonds is 5. The molecule has 1 amide bonds. The van der Waals surface area contributed by atoms with E-state index < -0.39 is 10.0 Å². The van der Waals surface area contributed by atoms with Crippen LogP contribution in [0.3, 0.4) is 0 Å². The largest absolute Gasteiger partial charge is 0.373 e. The summed E-state index contributed by atoms with van der Waals surface area (Å²) in [6.45, 7) is 7.33. The lowest BCUT2D eigenvalue weighted by atomic mass is 10.2. The molecule has 0 aliphatic carbocycles. The lowest BCUT2D eigenvalue weighted by Gasteiger charge is -2.34. The van der Waals surface area contributed by atoms with E-state index in [0.717, 1.165) is 0 Å². The fourth-order valence-corrected chi connectivity index (χ4v) is 3.89. The molecule has 1 heterocycles. The Balaban J connectivity index is 2.05. The molecule has 2 atom stereocenters. The van der Waals surface area contributed by atoms with Crippen molar-refractivity contribution in [3.8, 4) is 0 Å². The summed E-state index contributed by atoms with van der Waals surface area (Å²) in [4.78, 5) is 14.4. The number of sulfonamides is 1. The maximum Gasteiger partial charge on any atom is 0.240 e. The maximum absolute atomic E-state index is 12.3. The van der Waals surface area contributed by atoms with Crippen LogP contribution in [-0.4, -0.2) is 58.1 Å². The van der Waals surface area contributed by atoms with Crippen LogP contribution in [0, 0.1) is 6.92 Å². The van der Waals surface area contributed by atoms with Gasteiger partial charge >= 0.3 is 0 Å². The highest BCUT2D eigenvalue weighted by Crippen LogP contribution is 2.20. The Hall–Kier alpha value is -1.48. The van der Waals surface area contributed by atoms with E-state index in [9.17, 15) is 13.2 Å². The van der Waals surface area contributed by atoms with E-state index in [1.54, 1.807) is 19.1 Å². The molecular weight excluding hydrogens is 330 g/mol. The number of hydrogen-bond donors (Lipinski definition) is 2. The van der Waals surface area contributed by atoms with Crippen LogP contribution in [0.25, 0.3) is 0 Å². The molecule has 0 saturated carbocycles. The van der Waals surface area contributed by atoms with E-state index in [1.165, 1.54) is 13.1 Å². The normalized spacial score (nSPS) is 22.3. The Kier molecular flexibility index (Phi) is 5.97. The minimum atomic E-state index is -3.56. The molecule has 2 rings (SSSR count). The first-order valence-corrected chi connectivity index (χ1v) is 9.41. The monoisotopic (exact) mass is 355 g/mol. The maximum atomic E-state index is 12.3. The molecule has 0 radical (unpaired) electrons. The molecule has 0 unspecified atom stereocenters. The Morgan fingerprint density at radius 1 is 1.29 bits per heavy atom. The van der Waals surface area contributed by atoms with Crippen LogP contribution >= 0.6 is 0 Å². The van der Waals surface area contributed by atoms with Crippen molar-refractivity contribution in [3.05, 3.63) is 23.8 Å². The van der Waals surface area contributed by atoms with Gasteiger partial charge in [0.05, 0.1) is 23.6 Å². The summed E-state index contributed by atoms with van der Waals surface area (Å²) in [5.74, 6) is -0.173. The van der Waals surface area contributed by atoms with Crippen LogP contribution in [0.15, 0.2) is 23.1 Å². The average Bonchev–Trinajstić information content (AvgIpc) is 2.47. The van der Waals surface area contributed by atoms with E-state index in [2.05, 4.69) is 10.0 Å². The summed E-state index contributed by atoms with van der Waals surface area (Å²) >= 11 is 0. The minimum Gasteiger partial charge on any atom is -0.373 e. The van der Waals surface area contributed by atoms with Gasteiger partial charge in [0.2, 0.25) is 15.9 Å². The number of ether oxygens (including phenoxy) is 1. The molecule has 1 aliphatic rings. The lowest BCUT2D eigenvalue weighted by Crippen LogP contribution is -2.48. The van der Waals surface area contributed by atoms with Crippen molar-refractivity contribution < 1.29 is 17.9 Å². The number of carbonyl (C=O) groups is 1. The zero-order valence-electron chi connectivity index (χ0n) is 14.5. The fraction of sp³-hybridized carbons (Fsp3) is 0.562. The van der Waals surface area contributed by atoms with Crippen molar-refractivity contribution in [2.24, 2.45) is 0 Å². The van der Waals surface area contributed by atoms with E-state index in [0.29, 0.717) is 24.3 Å². The summed E-state index contributed by atoms with van der Waals surface area (Å²) in [5, 5.41) is 2.77. The van der Waals surface area contributed by atoms with Crippen LogP contribution in [-0.2, 0) is 19.6 Å². The fourth-order valence-electron chi connectivity index (χ4n) is 2.89. The third-order valence-corrected chi connectivity index (χ3v) is 5.45. The van der Waals surface area contributed by atoms with Crippen molar-refractivity contribution in [3.63, 3.8) is 0 Å². The summed E-state index contributed by atoms with van der Waals surface area (Å²) in [7, 11) is -2.20. The third kappa shape index (κ3) is 4.76. The Morgan fingerprint density at radius 3 is 2.50 bits per heavy atom. The van der Waals surface area contributed by atoms with Crippen molar-refractivity contribution in [1.29, 1.82) is 0 Å². The number of morpholine rings is 1. The second kappa shape index (κ2) is 7.60. The SMILES string of the molecule is CNS(=O)(=O)c1cc(NC(=O)CN2C[C@@H](C)O[C@H](C)C2)ccc1C. The standard InChI is InChI=1S/C16H25N3O4S/c1-11-5-6-14(7-15(11)24(21,22)17-4)18-16(20)10-19-8-12(2)23-13(3)9-19/h5-7,12-13,17H,8-10H2,1-4H3,(H,18,20)/t12-,13-/m1/s1. The van der Waals surface area contributed by atoms with Gasteiger partial charge in [-0.05, 0) is 45.5 Å². The van der Waals surface area contributed by atoms with Gasteiger partial charge in [0, 0.05) is 18.8 Å².